The van der Waals surface area contributed by atoms with Crippen molar-refractivity contribution in [3.05, 3.63) is 90.3 Å². The van der Waals surface area contributed by atoms with Crippen LogP contribution >= 0.6 is 0 Å². The van der Waals surface area contributed by atoms with Crippen molar-refractivity contribution < 1.29 is 14.3 Å². The lowest BCUT2D eigenvalue weighted by Crippen LogP contribution is -2.52. The quantitative estimate of drug-likeness (QED) is 0.519. The van der Waals surface area contributed by atoms with Crippen LogP contribution in [0.5, 0.6) is 5.75 Å². The van der Waals surface area contributed by atoms with Crippen molar-refractivity contribution >= 4 is 17.5 Å². The van der Waals surface area contributed by atoms with Crippen LogP contribution in [-0.4, -0.2) is 73.0 Å². The van der Waals surface area contributed by atoms with Crippen molar-refractivity contribution in [3.8, 4) is 5.75 Å². The normalized spacial score (nSPS) is 14.0. The fraction of sp³-hybridized carbons (Fsp3) is 0.296. The number of ether oxygens (including phenoxy) is 1. The summed E-state index contributed by atoms with van der Waals surface area (Å²) in [4.78, 5) is 36.7. The minimum Gasteiger partial charge on any atom is -0.497 e. The van der Waals surface area contributed by atoms with Crippen LogP contribution < -0.4 is 9.64 Å². The molecule has 7 nitrogen and oxygen atoms in total. The van der Waals surface area contributed by atoms with Gasteiger partial charge in [-0.05, 0) is 48.5 Å². The van der Waals surface area contributed by atoms with Crippen molar-refractivity contribution in [2.75, 3.05) is 51.3 Å². The number of hydrogen-bond donors (Lipinski definition) is 0. The van der Waals surface area contributed by atoms with Gasteiger partial charge in [0.25, 0.3) is 5.91 Å². The fourth-order valence-electron chi connectivity index (χ4n) is 4.05. The fourth-order valence-corrected chi connectivity index (χ4v) is 4.05. The number of benzene rings is 2. The maximum Gasteiger partial charge on any atom is 0.258 e. The number of pyridine rings is 1. The molecule has 1 fully saturated rings. The Morgan fingerprint density at radius 1 is 0.912 bits per heavy atom. The Bertz CT molecular complexity index is 1070. The molecule has 1 aromatic heterocycles. The topological polar surface area (TPSA) is 66.0 Å². The maximum absolute atomic E-state index is 13.3. The third-order valence-corrected chi connectivity index (χ3v) is 6.08. The van der Waals surface area contributed by atoms with Gasteiger partial charge in [0, 0.05) is 62.3 Å². The summed E-state index contributed by atoms with van der Waals surface area (Å²) >= 11 is 0. The lowest BCUT2D eigenvalue weighted by molar-refractivity contribution is -0.131. The van der Waals surface area contributed by atoms with E-state index in [1.54, 1.807) is 36.3 Å². The number of methoxy groups -OCH3 is 1. The molecule has 2 aromatic carbocycles. The summed E-state index contributed by atoms with van der Waals surface area (Å²) < 4.78 is 5.20. The number of anilines is 1. The van der Waals surface area contributed by atoms with E-state index in [-0.39, 0.29) is 18.4 Å². The molecular weight excluding hydrogens is 428 g/mol. The van der Waals surface area contributed by atoms with Crippen LogP contribution in [0.2, 0.25) is 0 Å². The minimum atomic E-state index is -0.212. The lowest BCUT2D eigenvalue weighted by Gasteiger charge is -2.35. The SMILES string of the molecule is COc1ccc(C(=O)N(CC(=O)N2CCN(CCc3ccccn3)CC2)c2ccccc2)cc1. The second-order valence-electron chi connectivity index (χ2n) is 8.25. The zero-order chi connectivity index (χ0) is 23.8. The van der Waals surface area contributed by atoms with Gasteiger partial charge in [0.15, 0.2) is 0 Å². The Balaban J connectivity index is 1.37. The predicted molar refractivity (Wildman–Crippen MR) is 132 cm³/mol. The first-order chi connectivity index (χ1) is 16.6. The Labute approximate surface area is 200 Å². The van der Waals surface area contributed by atoms with Gasteiger partial charge in [-0.1, -0.05) is 24.3 Å². The average Bonchev–Trinajstić information content (AvgIpc) is 2.91. The predicted octanol–water partition coefficient (Wildman–Crippen LogP) is 3.12. The van der Waals surface area contributed by atoms with Crippen molar-refractivity contribution in [1.29, 1.82) is 0 Å². The molecule has 1 aliphatic heterocycles. The molecule has 4 rings (SSSR count). The number of carbonyl (C=O) groups excluding carboxylic acids is 2. The molecule has 0 atom stereocenters. The van der Waals surface area contributed by atoms with E-state index in [0.717, 1.165) is 31.7 Å². The van der Waals surface area contributed by atoms with E-state index in [1.807, 2.05) is 59.6 Å². The molecule has 0 N–H and O–H groups in total. The first kappa shape index (κ1) is 23.4. The van der Waals surface area contributed by atoms with Crippen LogP contribution in [0.15, 0.2) is 79.0 Å². The third kappa shape index (κ3) is 5.99. The number of rotatable bonds is 8. The largest absolute Gasteiger partial charge is 0.497 e. The molecule has 34 heavy (non-hydrogen) atoms. The Kier molecular flexibility index (Phi) is 7.88. The molecule has 0 bridgehead atoms. The van der Waals surface area contributed by atoms with Crippen molar-refractivity contribution in [1.82, 2.24) is 14.8 Å². The number of carbonyl (C=O) groups is 2. The van der Waals surface area contributed by atoms with Crippen molar-refractivity contribution in [3.63, 3.8) is 0 Å². The van der Waals surface area contributed by atoms with E-state index >= 15 is 0 Å². The van der Waals surface area contributed by atoms with E-state index < -0.39 is 0 Å². The number of nitrogens with zero attached hydrogens (tertiary/aromatic N) is 4. The number of aromatic nitrogens is 1. The van der Waals surface area contributed by atoms with E-state index in [9.17, 15) is 9.59 Å². The van der Waals surface area contributed by atoms with Crippen LogP contribution in [0.25, 0.3) is 0 Å². The first-order valence-corrected chi connectivity index (χ1v) is 11.5. The second kappa shape index (κ2) is 11.4. The molecule has 0 radical (unpaired) electrons. The second-order valence-corrected chi connectivity index (χ2v) is 8.25. The Morgan fingerprint density at radius 2 is 1.62 bits per heavy atom. The molecule has 7 heteroatoms. The maximum atomic E-state index is 13.3. The molecular formula is C27H30N4O3. The van der Waals surface area contributed by atoms with Gasteiger partial charge in [-0.3, -0.25) is 24.4 Å². The molecule has 3 aromatic rings. The number of piperazine rings is 1. The molecule has 0 aliphatic carbocycles. The van der Waals surface area contributed by atoms with E-state index in [1.165, 1.54) is 0 Å². The van der Waals surface area contributed by atoms with Crippen molar-refractivity contribution in [2.24, 2.45) is 0 Å². The first-order valence-electron chi connectivity index (χ1n) is 11.5. The summed E-state index contributed by atoms with van der Waals surface area (Å²) in [5, 5.41) is 0. The summed E-state index contributed by atoms with van der Waals surface area (Å²) in [5.74, 6) is 0.422. The molecule has 1 saturated heterocycles. The molecule has 0 unspecified atom stereocenters. The van der Waals surface area contributed by atoms with Crippen molar-refractivity contribution in [2.45, 2.75) is 6.42 Å². The highest BCUT2D eigenvalue weighted by molar-refractivity contribution is 6.08. The van der Waals surface area contributed by atoms with Gasteiger partial charge in [-0.15, -0.1) is 0 Å². The van der Waals surface area contributed by atoms with Gasteiger partial charge >= 0.3 is 0 Å². The average molecular weight is 459 g/mol. The number of hydrogen-bond acceptors (Lipinski definition) is 5. The smallest absolute Gasteiger partial charge is 0.258 e. The highest BCUT2D eigenvalue weighted by Gasteiger charge is 2.26. The molecule has 2 amide bonds. The summed E-state index contributed by atoms with van der Waals surface area (Å²) in [7, 11) is 1.59. The molecule has 2 heterocycles. The third-order valence-electron chi connectivity index (χ3n) is 6.08. The zero-order valence-electron chi connectivity index (χ0n) is 19.5. The summed E-state index contributed by atoms with van der Waals surface area (Å²) in [5.41, 5.74) is 2.29. The highest BCUT2D eigenvalue weighted by atomic mass is 16.5. The van der Waals surface area contributed by atoms with Crippen LogP contribution in [0.1, 0.15) is 16.1 Å². The van der Waals surface area contributed by atoms with Crippen LogP contribution in [0.3, 0.4) is 0 Å². The van der Waals surface area contributed by atoms with Crippen LogP contribution in [0.4, 0.5) is 5.69 Å². The molecule has 176 valence electrons. The van der Waals surface area contributed by atoms with Gasteiger partial charge in [0.1, 0.15) is 12.3 Å². The monoisotopic (exact) mass is 458 g/mol. The molecule has 1 aliphatic rings. The van der Waals surface area contributed by atoms with E-state index in [2.05, 4.69) is 9.88 Å². The van der Waals surface area contributed by atoms with Crippen LogP contribution in [-0.2, 0) is 11.2 Å². The highest BCUT2D eigenvalue weighted by Crippen LogP contribution is 2.19. The number of para-hydroxylation sites is 1. The molecule has 0 saturated carbocycles. The van der Waals surface area contributed by atoms with Gasteiger partial charge in [0.05, 0.1) is 7.11 Å². The van der Waals surface area contributed by atoms with Gasteiger partial charge in [-0.25, -0.2) is 0 Å². The minimum absolute atomic E-state index is 0.00279. The standard InChI is InChI=1S/C27H30N4O3/c1-34-25-12-10-22(11-13-25)27(33)31(24-8-3-2-4-9-24)21-26(32)30-19-17-29(18-20-30)16-14-23-7-5-6-15-28-23/h2-13,15H,14,16-21H2,1H3. The van der Waals surface area contributed by atoms with Gasteiger partial charge in [0.2, 0.25) is 5.91 Å². The van der Waals surface area contributed by atoms with E-state index in [0.29, 0.717) is 30.1 Å². The van der Waals surface area contributed by atoms with Gasteiger partial charge in [-0.2, -0.15) is 0 Å². The summed E-state index contributed by atoms with van der Waals surface area (Å²) in [6.07, 6.45) is 2.71. The van der Waals surface area contributed by atoms with E-state index in [4.69, 9.17) is 4.74 Å². The molecule has 0 spiro atoms. The lowest BCUT2D eigenvalue weighted by atomic mass is 10.1. The zero-order valence-corrected chi connectivity index (χ0v) is 19.5. The summed E-state index contributed by atoms with van der Waals surface area (Å²) in [6, 6.07) is 22.3. The number of amides is 2. The Hall–Kier alpha value is -3.71. The van der Waals surface area contributed by atoms with Crippen LogP contribution in [0, 0.1) is 0 Å². The summed E-state index contributed by atoms with van der Waals surface area (Å²) in [6.45, 7) is 3.86. The van der Waals surface area contributed by atoms with Gasteiger partial charge < -0.3 is 9.64 Å². The Morgan fingerprint density at radius 3 is 2.26 bits per heavy atom.